The number of aromatic nitrogens is 1. The van der Waals surface area contributed by atoms with Crippen LogP contribution in [0.2, 0.25) is 0 Å². The zero-order valence-corrected chi connectivity index (χ0v) is 16.4. The Balaban J connectivity index is 2.23. The van der Waals surface area contributed by atoms with Crippen molar-refractivity contribution in [1.82, 2.24) is 0 Å². The third-order valence-corrected chi connectivity index (χ3v) is 5.46. The van der Waals surface area contributed by atoms with Crippen LogP contribution in [0.5, 0.6) is 0 Å². The van der Waals surface area contributed by atoms with Crippen LogP contribution in [0.3, 0.4) is 0 Å². The average Bonchev–Trinajstić information content (AvgIpc) is 3.02. The van der Waals surface area contributed by atoms with E-state index in [2.05, 4.69) is 68.9 Å². The van der Waals surface area contributed by atoms with E-state index < -0.39 is 0 Å². The number of rotatable bonds is 2. The fourth-order valence-electron chi connectivity index (χ4n) is 3.95. The molecule has 4 rings (SSSR count). The van der Waals surface area contributed by atoms with Gasteiger partial charge in [-0.1, -0.05) is 26.0 Å². The van der Waals surface area contributed by atoms with Crippen molar-refractivity contribution in [3.05, 3.63) is 64.8 Å². The van der Waals surface area contributed by atoms with E-state index in [1.807, 2.05) is 19.1 Å². The Morgan fingerprint density at radius 2 is 1.85 bits per heavy atom. The number of nitrogens with zero attached hydrogens (tertiary/aromatic N) is 2. The maximum Gasteiger partial charge on any atom is 0.216 e. The van der Waals surface area contributed by atoms with Crippen LogP contribution in [-0.4, -0.2) is 0 Å². The van der Waals surface area contributed by atoms with Crippen LogP contribution in [0.1, 0.15) is 42.0 Å². The van der Waals surface area contributed by atoms with E-state index in [-0.39, 0.29) is 5.92 Å². The number of hydrogen-bond acceptors (Lipinski definition) is 2. The highest BCUT2D eigenvalue weighted by atomic mass is 16.3. The van der Waals surface area contributed by atoms with Crippen molar-refractivity contribution >= 4 is 21.9 Å². The van der Waals surface area contributed by atoms with Gasteiger partial charge < -0.3 is 4.42 Å². The SMILES string of the molecule is Cc1ccc2c(oc3c(C(C)C)cc(C#N)c(C)c32)c1-c1cccc[n+]1C. The molecule has 0 fully saturated rings. The lowest BCUT2D eigenvalue weighted by molar-refractivity contribution is -0.660. The molecule has 27 heavy (non-hydrogen) atoms. The van der Waals surface area contributed by atoms with Crippen LogP contribution in [-0.2, 0) is 7.05 Å². The van der Waals surface area contributed by atoms with Gasteiger partial charge in [0.25, 0.3) is 0 Å². The average molecular weight is 355 g/mol. The van der Waals surface area contributed by atoms with E-state index in [0.717, 1.165) is 49.9 Å². The summed E-state index contributed by atoms with van der Waals surface area (Å²) in [6, 6.07) is 14.8. The molecular formula is C24H23N2O+. The summed E-state index contributed by atoms with van der Waals surface area (Å²) < 4.78 is 8.64. The fourth-order valence-corrected chi connectivity index (χ4v) is 3.95. The minimum atomic E-state index is 0.276. The molecule has 0 amide bonds. The molecule has 0 saturated carbocycles. The first kappa shape index (κ1) is 17.3. The van der Waals surface area contributed by atoms with Gasteiger partial charge in [-0.25, -0.2) is 4.57 Å². The molecule has 0 saturated heterocycles. The van der Waals surface area contributed by atoms with E-state index in [4.69, 9.17) is 4.42 Å². The molecular weight excluding hydrogens is 332 g/mol. The van der Waals surface area contributed by atoms with Gasteiger partial charge in [-0.3, -0.25) is 0 Å². The van der Waals surface area contributed by atoms with Crippen molar-refractivity contribution in [3.8, 4) is 17.3 Å². The predicted octanol–water partition coefficient (Wildman–Crippen LogP) is 5.69. The second-order valence-electron chi connectivity index (χ2n) is 7.54. The van der Waals surface area contributed by atoms with E-state index in [9.17, 15) is 5.26 Å². The van der Waals surface area contributed by atoms with Gasteiger partial charge in [0.2, 0.25) is 5.69 Å². The second kappa shape index (κ2) is 6.25. The molecule has 0 aliphatic heterocycles. The van der Waals surface area contributed by atoms with Crippen molar-refractivity contribution < 1.29 is 8.98 Å². The van der Waals surface area contributed by atoms with Crippen molar-refractivity contribution in [1.29, 1.82) is 5.26 Å². The highest BCUT2D eigenvalue weighted by Gasteiger charge is 2.23. The Labute approximate surface area is 159 Å². The minimum absolute atomic E-state index is 0.276. The lowest BCUT2D eigenvalue weighted by atomic mass is 9.93. The summed E-state index contributed by atoms with van der Waals surface area (Å²) in [4.78, 5) is 0. The first-order chi connectivity index (χ1) is 12.9. The number of fused-ring (bicyclic) bond motifs is 3. The van der Waals surface area contributed by atoms with E-state index in [1.165, 1.54) is 5.56 Å². The molecule has 0 bridgehead atoms. The highest BCUT2D eigenvalue weighted by Crippen LogP contribution is 2.41. The van der Waals surface area contributed by atoms with Crippen LogP contribution in [0, 0.1) is 25.2 Å². The number of benzene rings is 2. The molecule has 0 spiro atoms. The topological polar surface area (TPSA) is 40.8 Å². The van der Waals surface area contributed by atoms with Crippen molar-refractivity contribution in [2.75, 3.05) is 0 Å². The number of hydrogen-bond donors (Lipinski definition) is 0. The zero-order chi connectivity index (χ0) is 19.3. The molecule has 0 N–H and O–H groups in total. The number of aryl methyl sites for hydroxylation is 3. The number of furan rings is 1. The highest BCUT2D eigenvalue weighted by molar-refractivity contribution is 6.12. The summed E-state index contributed by atoms with van der Waals surface area (Å²) in [5.41, 5.74) is 8.00. The van der Waals surface area contributed by atoms with Crippen molar-refractivity contribution in [2.45, 2.75) is 33.6 Å². The van der Waals surface area contributed by atoms with Gasteiger partial charge in [-0.15, -0.1) is 0 Å². The predicted molar refractivity (Wildman–Crippen MR) is 109 cm³/mol. The van der Waals surface area contributed by atoms with Crippen molar-refractivity contribution in [3.63, 3.8) is 0 Å². The number of pyridine rings is 1. The van der Waals surface area contributed by atoms with Gasteiger partial charge in [0, 0.05) is 22.9 Å². The normalized spacial score (nSPS) is 11.4. The molecule has 4 aromatic rings. The quantitative estimate of drug-likeness (QED) is 0.433. The molecule has 2 aromatic carbocycles. The first-order valence-corrected chi connectivity index (χ1v) is 9.28. The Kier molecular flexibility index (Phi) is 4.00. The molecule has 3 heteroatoms. The molecule has 0 aliphatic carbocycles. The molecule has 0 aliphatic rings. The summed E-state index contributed by atoms with van der Waals surface area (Å²) in [7, 11) is 2.05. The van der Waals surface area contributed by atoms with Gasteiger partial charge in [0.15, 0.2) is 6.20 Å². The van der Waals surface area contributed by atoms with Gasteiger partial charge in [0.1, 0.15) is 18.2 Å². The zero-order valence-electron chi connectivity index (χ0n) is 16.4. The van der Waals surface area contributed by atoms with Crippen LogP contribution in [0.4, 0.5) is 0 Å². The minimum Gasteiger partial charge on any atom is -0.455 e. The Hall–Kier alpha value is -3.12. The molecule has 0 radical (unpaired) electrons. The second-order valence-corrected chi connectivity index (χ2v) is 7.54. The molecule has 2 heterocycles. The van der Waals surface area contributed by atoms with Crippen LogP contribution in [0.15, 0.2) is 47.0 Å². The monoisotopic (exact) mass is 355 g/mol. The van der Waals surface area contributed by atoms with E-state index in [1.54, 1.807) is 0 Å². The van der Waals surface area contributed by atoms with Crippen molar-refractivity contribution in [2.24, 2.45) is 7.05 Å². The standard InChI is InChI=1S/C24H23N2O/c1-14(2)19-12-17(13-25)16(4)22-18-10-9-15(3)21(23(18)27-24(19)22)20-8-6-7-11-26(20)5/h6-12,14H,1-5H3/q+1. The first-order valence-electron chi connectivity index (χ1n) is 9.28. The largest absolute Gasteiger partial charge is 0.455 e. The van der Waals surface area contributed by atoms with E-state index in [0.29, 0.717) is 0 Å². The summed E-state index contributed by atoms with van der Waals surface area (Å²) in [5, 5.41) is 11.8. The Morgan fingerprint density at radius 3 is 2.52 bits per heavy atom. The molecule has 0 unspecified atom stereocenters. The fraction of sp³-hybridized carbons (Fsp3) is 0.250. The molecule has 0 atom stereocenters. The van der Waals surface area contributed by atoms with Gasteiger partial charge in [-0.05, 0) is 48.6 Å². The van der Waals surface area contributed by atoms with Gasteiger partial charge in [-0.2, -0.15) is 5.26 Å². The summed E-state index contributed by atoms with van der Waals surface area (Å²) in [5.74, 6) is 0.276. The summed E-state index contributed by atoms with van der Waals surface area (Å²) >= 11 is 0. The number of nitriles is 1. The summed E-state index contributed by atoms with van der Waals surface area (Å²) in [6.07, 6.45) is 2.05. The lowest BCUT2D eigenvalue weighted by Gasteiger charge is -2.09. The molecule has 3 nitrogen and oxygen atoms in total. The van der Waals surface area contributed by atoms with Crippen LogP contribution >= 0.6 is 0 Å². The Morgan fingerprint density at radius 1 is 1.07 bits per heavy atom. The van der Waals surface area contributed by atoms with E-state index >= 15 is 0 Å². The summed E-state index contributed by atoms with van der Waals surface area (Å²) in [6.45, 7) is 8.41. The van der Waals surface area contributed by atoms with Crippen LogP contribution in [0.25, 0.3) is 33.2 Å². The smallest absolute Gasteiger partial charge is 0.216 e. The third kappa shape index (κ3) is 2.52. The van der Waals surface area contributed by atoms with Crippen LogP contribution < -0.4 is 4.57 Å². The maximum absolute atomic E-state index is 9.62. The Bertz CT molecular complexity index is 1240. The maximum atomic E-state index is 9.62. The lowest BCUT2D eigenvalue weighted by Crippen LogP contribution is -2.30. The van der Waals surface area contributed by atoms with Gasteiger partial charge in [0.05, 0.1) is 17.2 Å². The third-order valence-electron chi connectivity index (χ3n) is 5.46. The molecule has 2 aromatic heterocycles. The molecule has 134 valence electrons. The van der Waals surface area contributed by atoms with Gasteiger partial charge >= 0.3 is 0 Å².